The van der Waals surface area contributed by atoms with Gasteiger partial charge in [-0.15, -0.1) is 34.9 Å². The smallest absolute Gasteiger partial charge is 0.543 e. The summed E-state index contributed by atoms with van der Waals surface area (Å²) in [6, 6.07) is -0.983. The van der Waals surface area contributed by atoms with Crippen LogP contribution in [-0.4, -0.2) is 75.5 Å². The van der Waals surface area contributed by atoms with Gasteiger partial charge in [-0.2, -0.15) is 0 Å². The average Bonchev–Trinajstić information content (AvgIpc) is 3.37. The van der Waals surface area contributed by atoms with E-state index in [9.17, 15) is 24.3 Å². The Bertz CT molecular complexity index is 1060. The Morgan fingerprint density at radius 1 is 1.45 bits per heavy atom. The van der Waals surface area contributed by atoms with Crippen LogP contribution in [0.2, 0.25) is 0 Å². The fourth-order valence-corrected chi connectivity index (χ4v) is 6.56. The number of rotatable bonds is 7. The molecule has 4 heterocycles. The van der Waals surface area contributed by atoms with E-state index < -0.39 is 40.4 Å². The molecule has 12 nitrogen and oxygen atoms in total. The second-order valence-corrected chi connectivity index (χ2v) is 9.97. The van der Waals surface area contributed by atoms with Gasteiger partial charge in [0.2, 0.25) is 0 Å². The van der Waals surface area contributed by atoms with E-state index in [4.69, 9.17) is 15.3 Å². The van der Waals surface area contributed by atoms with Crippen LogP contribution in [0, 0.1) is 0 Å². The Hall–Kier alpha value is -1.78. The van der Waals surface area contributed by atoms with E-state index in [0.29, 0.717) is 11.3 Å². The molecule has 3 N–H and O–H groups in total. The van der Waals surface area contributed by atoms with Gasteiger partial charge in [-0.3, -0.25) is 19.3 Å². The zero-order valence-electron chi connectivity index (χ0n) is 17.4. The molecule has 33 heavy (non-hydrogen) atoms. The minimum atomic E-state index is -1.53. The van der Waals surface area contributed by atoms with Crippen molar-refractivity contribution < 1.29 is 63.4 Å². The molecule has 3 aliphatic heterocycles. The molecule has 0 spiro atoms. The van der Waals surface area contributed by atoms with Crippen LogP contribution >= 0.6 is 34.9 Å². The van der Waals surface area contributed by atoms with Crippen molar-refractivity contribution in [3.63, 3.8) is 0 Å². The molecule has 3 atom stereocenters. The molecule has 1 unspecified atom stereocenters. The first-order valence-corrected chi connectivity index (χ1v) is 12.0. The third kappa shape index (κ3) is 5.02. The van der Waals surface area contributed by atoms with Gasteiger partial charge in [0.1, 0.15) is 29.5 Å². The average molecular weight is 522 g/mol. The normalized spacial score (nSPS) is 24.5. The van der Waals surface area contributed by atoms with E-state index in [1.165, 1.54) is 24.3 Å². The Morgan fingerprint density at radius 3 is 2.79 bits per heavy atom. The number of esters is 1. The Kier molecular flexibility index (Phi) is 8.34. The first-order valence-electron chi connectivity index (χ1n) is 9.17. The van der Waals surface area contributed by atoms with Gasteiger partial charge in [0, 0.05) is 22.5 Å². The van der Waals surface area contributed by atoms with Crippen LogP contribution < -0.4 is 45.7 Å². The number of thiazole rings is 1. The molecule has 3 aliphatic rings. The van der Waals surface area contributed by atoms with Crippen molar-refractivity contribution in [2.45, 2.75) is 23.1 Å². The first kappa shape index (κ1) is 25.8. The van der Waals surface area contributed by atoms with Crippen molar-refractivity contribution in [2.24, 2.45) is 5.16 Å². The SMILES string of the molecule is CO/N=C(\C(=O)N[C@@H]1C(=O)N2C(C(=O)[O-])=C(SC3CCOC3=O)CS[C@H]12)c1csc(N)n1.[Na+]. The molecule has 0 aromatic carbocycles. The molecule has 2 fully saturated rings. The number of nitrogens with one attached hydrogen (secondary N) is 1. The number of hydrogen-bond donors (Lipinski definition) is 2. The summed E-state index contributed by atoms with van der Waals surface area (Å²) >= 11 is 3.45. The summed E-state index contributed by atoms with van der Waals surface area (Å²) in [5.41, 5.74) is 5.33. The number of carboxylic acids is 1. The number of amides is 2. The van der Waals surface area contributed by atoms with E-state index in [1.807, 2.05) is 0 Å². The minimum Gasteiger partial charge on any atom is -0.543 e. The number of nitrogen functional groups attached to an aromatic ring is 1. The number of aliphatic carboxylic acids is 1. The maximum Gasteiger partial charge on any atom is 1.00 e. The molecule has 0 aliphatic carbocycles. The molecule has 1 aromatic rings. The third-order valence-corrected chi connectivity index (χ3v) is 8.22. The number of aromatic nitrogens is 1. The standard InChI is InChI=1S/C17H17N5O7S3.Na/c1-28-21-9(6-4-31-17(18)19-6)12(23)20-10-13(24)22-11(15(25)26)8(5-30-14(10)22)32-7-2-3-29-16(7)27;/h4,7,10,14H,2-3,5H2,1H3,(H2,18,19)(H,20,23)(H,25,26);/q;+1/p-1/b21-9-;/t7?,10-,14-;/m1./s1. The van der Waals surface area contributed by atoms with Crippen LogP contribution in [0.25, 0.3) is 0 Å². The number of fused-ring (bicyclic) bond motifs is 1. The Balaban J connectivity index is 0.00000306. The quantitative estimate of drug-likeness (QED) is 0.116. The largest absolute Gasteiger partial charge is 1.00 e. The van der Waals surface area contributed by atoms with Gasteiger partial charge in [-0.05, 0) is 0 Å². The van der Waals surface area contributed by atoms with E-state index in [-0.39, 0.29) is 64.2 Å². The number of anilines is 1. The summed E-state index contributed by atoms with van der Waals surface area (Å²) in [5.74, 6) is -3.04. The zero-order chi connectivity index (χ0) is 23.0. The molecule has 16 heteroatoms. The maximum atomic E-state index is 12.8. The summed E-state index contributed by atoms with van der Waals surface area (Å²) in [6.07, 6.45) is 0.455. The van der Waals surface area contributed by atoms with Gasteiger partial charge >= 0.3 is 35.5 Å². The van der Waals surface area contributed by atoms with Crippen LogP contribution in [0.3, 0.4) is 0 Å². The topological polar surface area (TPSA) is 176 Å². The molecule has 4 rings (SSSR count). The van der Waals surface area contributed by atoms with E-state index in [1.54, 1.807) is 0 Å². The summed E-state index contributed by atoms with van der Waals surface area (Å²) in [5, 5.41) is 18.6. The molecule has 1 aromatic heterocycles. The summed E-state index contributed by atoms with van der Waals surface area (Å²) in [6.45, 7) is 0.271. The van der Waals surface area contributed by atoms with Crippen molar-refractivity contribution >= 4 is 69.5 Å². The molecule has 0 radical (unpaired) electrons. The maximum absolute atomic E-state index is 12.8. The van der Waals surface area contributed by atoms with Gasteiger partial charge in [-0.25, -0.2) is 4.98 Å². The van der Waals surface area contributed by atoms with Gasteiger partial charge in [0.15, 0.2) is 10.8 Å². The van der Waals surface area contributed by atoms with E-state index in [0.717, 1.165) is 28.0 Å². The van der Waals surface area contributed by atoms with Crippen LogP contribution in [-0.2, 0) is 28.8 Å². The minimum absolute atomic E-state index is 0. The number of thioether (sulfide) groups is 2. The molecule has 2 saturated heterocycles. The number of nitrogens with zero attached hydrogens (tertiary/aromatic N) is 3. The van der Waals surface area contributed by atoms with Crippen LogP contribution in [0.1, 0.15) is 12.1 Å². The van der Waals surface area contributed by atoms with Crippen molar-refractivity contribution in [3.8, 4) is 0 Å². The number of ether oxygens (including phenoxy) is 1. The number of carbonyl (C=O) groups is 4. The summed E-state index contributed by atoms with van der Waals surface area (Å²) < 4.78 is 4.91. The third-order valence-electron chi connectivity index (χ3n) is 4.75. The van der Waals surface area contributed by atoms with Crippen LogP contribution in [0.5, 0.6) is 0 Å². The zero-order valence-corrected chi connectivity index (χ0v) is 21.9. The number of carbonyl (C=O) groups excluding carboxylic acids is 4. The monoisotopic (exact) mass is 521 g/mol. The number of oxime groups is 1. The van der Waals surface area contributed by atoms with Crippen molar-refractivity contribution in [1.82, 2.24) is 15.2 Å². The second-order valence-electron chi connectivity index (χ2n) is 6.68. The Morgan fingerprint density at radius 2 is 2.21 bits per heavy atom. The van der Waals surface area contributed by atoms with Crippen molar-refractivity contribution in [1.29, 1.82) is 0 Å². The Labute approximate surface area is 222 Å². The van der Waals surface area contributed by atoms with Crippen LogP contribution in [0.15, 0.2) is 21.1 Å². The summed E-state index contributed by atoms with van der Waals surface area (Å²) in [7, 11) is 1.26. The van der Waals surface area contributed by atoms with Gasteiger partial charge < -0.3 is 30.5 Å². The number of carboxylic acid groups (broad SMARTS) is 1. The summed E-state index contributed by atoms with van der Waals surface area (Å²) in [4.78, 5) is 59.2. The van der Waals surface area contributed by atoms with E-state index in [2.05, 4.69) is 15.5 Å². The van der Waals surface area contributed by atoms with Gasteiger partial charge in [-0.1, -0.05) is 5.16 Å². The van der Waals surface area contributed by atoms with Gasteiger partial charge in [0.05, 0.1) is 18.3 Å². The fourth-order valence-electron chi connectivity index (χ4n) is 3.33. The van der Waals surface area contributed by atoms with E-state index >= 15 is 0 Å². The number of β-lactam (4-membered cyclic amide) rings is 1. The fraction of sp³-hybridized carbons (Fsp3) is 0.412. The molecule has 170 valence electrons. The molecule has 0 saturated carbocycles. The number of cyclic esters (lactones) is 1. The number of nitrogens with two attached hydrogens (primary N) is 1. The number of hydrogen-bond acceptors (Lipinski definition) is 13. The van der Waals surface area contributed by atoms with Crippen molar-refractivity contribution in [3.05, 3.63) is 21.7 Å². The second kappa shape index (κ2) is 10.7. The predicted octanol–water partition coefficient (Wildman–Crippen LogP) is -4.51. The van der Waals surface area contributed by atoms with Crippen LogP contribution in [0.4, 0.5) is 5.13 Å². The molecular formula is C17H16N5NaO7S3. The van der Waals surface area contributed by atoms with Gasteiger partial charge in [0.25, 0.3) is 11.8 Å². The molecule has 0 bridgehead atoms. The first-order chi connectivity index (χ1) is 15.3. The molecular weight excluding hydrogens is 505 g/mol. The van der Waals surface area contributed by atoms with Crippen molar-refractivity contribution in [2.75, 3.05) is 25.2 Å². The molecule has 2 amide bonds. The predicted molar refractivity (Wildman–Crippen MR) is 114 cm³/mol.